The van der Waals surface area contributed by atoms with E-state index in [0.717, 1.165) is 19.5 Å². The minimum atomic E-state index is -3.62. The third kappa shape index (κ3) is 3.42. The average Bonchev–Trinajstić information content (AvgIpc) is 2.78. The molecule has 2 rings (SSSR count). The van der Waals surface area contributed by atoms with Gasteiger partial charge in [0.2, 0.25) is 10.0 Å². The molecule has 1 aliphatic heterocycles. The molecule has 1 aromatic carbocycles. The fourth-order valence-electron chi connectivity index (χ4n) is 1.80. The number of ether oxygens (including phenoxy) is 1. The van der Waals surface area contributed by atoms with E-state index in [4.69, 9.17) is 9.88 Å². The number of primary sulfonamides is 1. The summed E-state index contributed by atoms with van der Waals surface area (Å²) in [5, 5.41) is 8.27. The van der Waals surface area contributed by atoms with Crippen molar-refractivity contribution in [3.05, 3.63) is 24.3 Å². The highest BCUT2D eigenvalue weighted by molar-refractivity contribution is 7.89. The highest BCUT2D eigenvalue weighted by atomic mass is 32.2. The van der Waals surface area contributed by atoms with Crippen molar-refractivity contribution in [3.8, 4) is 5.75 Å². The van der Waals surface area contributed by atoms with Gasteiger partial charge in [0.25, 0.3) is 0 Å². The van der Waals surface area contributed by atoms with Crippen molar-refractivity contribution in [2.75, 3.05) is 19.7 Å². The summed E-state index contributed by atoms with van der Waals surface area (Å²) in [7, 11) is -3.62. The lowest BCUT2D eigenvalue weighted by Gasteiger charge is -2.10. The van der Waals surface area contributed by atoms with Crippen LogP contribution in [-0.2, 0) is 10.0 Å². The molecule has 0 aliphatic carbocycles. The maximum atomic E-state index is 11.0. The molecule has 0 aromatic heterocycles. The molecule has 1 aromatic rings. The largest absolute Gasteiger partial charge is 0.493 e. The van der Waals surface area contributed by atoms with Crippen LogP contribution in [0.1, 0.15) is 6.42 Å². The van der Waals surface area contributed by atoms with Gasteiger partial charge in [0.05, 0.1) is 11.5 Å². The number of hydrogen-bond donors (Lipinski definition) is 2. The van der Waals surface area contributed by atoms with Gasteiger partial charge < -0.3 is 10.1 Å². The second-order valence-corrected chi connectivity index (χ2v) is 5.75. The maximum absolute atomic E-state index is 11.0. The van der Waals surface area contributed by atoms with Crippen LogP contribution in [0.3, 0.4) is 0 Å². The minimum Gasteiger partial charge on any atom is -0.493 e. The molecule has 0 unspecified atom stereocenters. The fourth-order valence-corrected chi connectivity index (χ4v) is 2.31. The topological polar surface area (TPSA) is 81.4 Å². The number of nitrogens with two attached hydrogens (primary N) is 1. The van der Waals surface area contributed by atoms with Gasteiger partial charge in [-0.2, -0.15) is 0 Å². The van der Waals surface area contributed by atoms with Gasteiger partial charge in [0, 0.05) is 12.5 Å². The summed E-state index contributed by atoms with van der Waals surface area (Å²) in [6.45, 7) is 2.68. The second kappa shape index (κ2) is 5.03. The van der Waals surface area contributed by atoms with E-state index in [1.165, 1.54) is 12.1 Å². The van der Waals surface area contributed by atoms with Crippen LogP contribution in [0.15, 0.2) is 29.2 Å². The van der Waals surface area contributed by atoms with Crippen LogP contribution in [0, 0.1) is 5.92 Å². The van der Waals surface area contributed by atoms with E-state index in [-0.39, 0.29) is 4.90 Å². The number of hydrogen-bond acceptors (Lipinski definition) is 4. The summed E-state index contributed by atoms with van der Waals surface area (Å²) >= 11 is 0. The lowest BCUT2D eigenvalue weighted by molar-refractivity contribution is 0.260. The standard InChI is InChI=1S/C11H16N2O3S/c12-17(14,15)11-3-1-10(2-4-11)16-8-9-5-6-13-7-9/h1-4,9,13H,5-8H2,(H2,12,14,15)/t9-/m0/s1. The van der Waals surface area contributed by atoms with E-state index in [1.807, 2.05) is 0 Å². The SMILES string of the molecule is NS(=O)(=O)c1ccc(OC[C@H]2CCNC2)cc1. The van der Waals surface area contributed by atoms with Crippen LogP contribution in [0.25, 0.3) is 0 Å². The summed E-state index contributed by atoms with van der Waals surface area (Å²) in [4.78, 5) is 0.104. The molecule has 0 radical (unpaired) electrons. The van der Waals surface area contributed by atoms with Gasteiger partial charge in [0.1, 0.15) is 5.75 Å². The Balaban J connectivity index is 1.94. The normalized spacial score (nSPS) is 20.4. The smallest absolute Gasteiger partial charge is 0.238 e. The Morgan fingerprint density at radius 2 is 2.06 bits per heavy atom. The van der Waals surface area contributed by atoms with Gasteiger partial charge in [-0.15, -0.1) is 0 Å². The van der Waals surface area contributed by atoms with Crippen molar-refractivity contribution >= 4 is 10.0 Å². The third-order valence-corrected chi connectivity index (χ3v) is 3.73. The first kappa shape index (κ1) is 12.3. The molecule has 1 heterocycles. The molecule has 0 bridgehead atoms. The van der Waals surface area contributed by atoms with Crippen LogP contribution in [0.4, 0.5) is 0 Å². The van der Waals surface area contributed by atoms with E-state index in [0.29, 0.717) is 18.3 Å². The van der Waals surface area contributed by atoms with Gasteiger partial charge in [-0.05, 0) is 37.2 Å². The van der Waals surface area contributed by atoms with Crippen molar-refractivity contribution in [3.63, 3.8) is 0 Å². The number of benzene rings is 1. The first-order valence-electron chi connectivity index (χ1n) is 5.52. The van der Waals surface area contributed by atoms with Crippen LogP contribution < -0.4 is 15.2 Å². The van der Waals surface area contributed by atoms with E-state index in [1.54, 1.807) is 12.1 Å². The zero-order chi connectivity index (χ0) is 12.3. The van der Waals surface area contributed by atoms with Gasteiger partial charge in [0.15, 0.2) is 0 Å². The van der Waals surface area contributed by atoms with Gasteiger partial charge in [-0.25, -0.2) is 13.6 Å². The zero-order valence-electron chi connectivity index (χ0n) is 9.43. The Bertz CT molecular complexity index is 464. The number of nitrogens with one attached hydrogen (secondary N) is 1. The Hall–Kier alpha value is -1.11. The first-order valence-corrected chi connectivity index (χ1v) is 7.07. The van der Waals surface area contributed by atoms with E-state index in [9.17, 15) is 8.42 Å². The summed E-state index contributed by atoms with van der Waals surface area (Å²) in [5.74, 6) is 1.21. The maximum Gasteiger partial charge on any atom is 0.238 e. The molecule has 0 saturated carbocycles. The molecule has 17 heavy (non-hydrogen) atoms. The van der Waals surface area contributed by atoms with Crippen LogP contribution in [-0.4, -0.2) is 28.1 Å². The van der Waals surface area contributed by atoms with Crippen molar-refractivity contribution in [2.45, 2.75) is 11.3 Å². The molecule has 5 nitrogen and oxygen atoms in total. The first-order chi connectivity index (χ1) is 8.05. The fraction of sp³-hybridized carbons (Fsp3) is 0.455. The Morgan fingerprint density at radius 3 is 2.59 bits per heavy atom. The van der Waals surface area contributed by atoms with Crippen molar-refractivity contribution in [1.82, 2.24) is 5.32 Å². The van der Waals surface area contributed by atoms with E-state index < -0.39 is 10.0 Å². The third-order valence-electron chi connectivity index (χ3n) is 2.80. The van der Waals surface area contributed by atoms with Crippen LogP contribution >= 0.6 is 0 Å². The van der Waals surface area contributed by atoms with Crippen LogP contribution in [0.5, 0.6) is 5.75 Å². The molecule has 0 spiro atoms. The van der Waals surface area contributed by atoms with Gasteiger partial charge in [-0.1, -0.05) is 0 Å². The van der Waals surface area contributed by atoms with E-state index >= 15 is 0 Å². The number of rotatable bonds is 4. The van der Waals surface area contributed by atoms with Crippen molar-refractivity contribution < 1.29 is 13.2 Å². The monoisotopic (exact) mass is 256 g/mol. The molecule has 1 atom stereocenters. The molecular weight excluding hydrogens is 240 g/mol. The lowest BCUT2D eigenvalue weighted by atomic mass is 10.1. The summed E-state index contributed by atoms with van der Waals surface area (Å²) in [6.07, 6.45) is 1.12. The molecule has 1 saturated heterocycles. The Labute approximate surface area is 101 Å². The quantitative estimate of drug-likeness (QED) is 0.813. The molecule has 1 fully saturated rings. The Morgan fingerprint density at radius 1 is 1.35 bits per heavy atom. The van der Waals surface area contributed by atoms with Crippen LogP contribution in [0.2, 0.25) is 0 Å². The molecule has 6 heteroatoms. The van der Waals surface area contributed by atoms with Crippen molar-refractivity contribution in [1.29, 1.82) is 0 Å². The molecule has 0 amide bonds. The predicted molar refractivity (Wildman–Crippen MR) is 64.3 cm³/mol. The number of sulfonamides is 1. The molecular formula is C11H16N2O3S. The minimum absolute atomic E-state index is 0.104. The predicted octanol–water partition coefficient (Wildman–Crippen LogP) is 0.322. The van der Waals surface area contributed by atoms with Gasteiger partial charge in [-0.3, -0.25) is 0 Å². The molecule has 3 N–H and O–H groups in total. The average molecular weight is 256 g/mol. The second-order valence-electron chi connectivity index (χ2n) is 4.19. The summed E-state index contributed by atoms with van der Waals surface area (Å²) in [5.41, 5.74) is 0. The zero-order valence-corrected chi connectivity index (χ0v) is 10.2. The molecule has 1 aliphatic rings. The highest BCUT2D eigenvalue weighted by Gasteiger charge is 2.15. The lowest BCUT2D eigenvalue weighted by Crippen LogP contribution is -2.15. The van der Waals surface area contributed by atoms with Gasteiger partial charge >= 0.3 is 0 Å². The summed E-state index contributed by atoms with van der Waals surface area (Å²) in [6, 6.07) is 6.17. The summed E-state index contributed by atoms with van der Waals surface area (Å²) < 4.78 is 27.7. The van der Waals surface area contributed by atoms with E-state index in [2.05, 4.69) is 5.32 Å². The highest BCUT2D eigenvalue weighted by Crippen LogP contribution is 2.17. The Kier molecular flexibility index (Phi) is 3.66. The van der Waals surface area contributed by atoms with Crippen molar-refractivity contribution in [2.24, 2.45) is 11.1 Å². The molecule has 94 valence electrons.